The predicted molar refractivity (Wildman–Crippen MR) is 581 cm³/mol. The maximum Gasteiger partial charge on any atom is 0.127 e. The molecule has 0 heterocycles. The summed E-state index contributed by atoms with van der Waals surface area (Å²) in [5.41, 5.74) is 6.03. The number of fused-ring (bicyclic) bond motifs is 9. The first-order chi connectivity index (χ1) is 65.0. The van der Waals surface area contributed by atoms with Crippen LogP contribution in [0, 0.1) is 0 Å². The Kier molecular flexibility index (Phi) is 58.3. The largest absolute Gasteiger partial charge is 0.508 e. The maximum atomic E-state index is 9.61. The second-order valence-electron chi connectivity index (χ2n) is 26.1. The van der Waals surface area contributed by atoms with E-state index in [2.05, 4.69) is 285 Å². The number of rotatable bonds is 15. The smallest absolute Gasteiger partial charge is 0.127 e. The van der Waals surface area contributed by atoms with Crippen molar-refractivity contribution in [3.63, 3.8) is 0 Å². The molecule has 19 aromatic rings. The second kappa shape index (κ2) is 68.5. The summed E-state index contributed by atoms with van der Waals surface area (Å²) in [5.74, 6) is 4.76. The summed E-state index contributed by atoms with van der Waals surface area (Å²) in [5, 5.41) is 31.3. The molecule has 19 aromatic carbocycles. The lowest BCUT2D eigenvalue weighted by molar-refractivity contribution is 0.307. The highest BCUT2D eigenvalue weighted by Gasteiger charge is 2.10. The Hall–Kier alpha value is -13.7. The average molecular weight is 1750 g/mol. The minimum Gasteiger partial charge on any atom is -0.508 e. The second-order valence-corrected chi connectivity index (χ2v) is 26.1. The van der Waals surface area contributed by atoms with E-state index in [0.717, 1.165) is 50.3 Å². The van der Waals surface area contributed by atoms with Gasteiger partial charge >= 0.3 is 0 Å². The number of phenols is 1. The van der Waals surface area contributed by atoms with Crippen molar-refractivity contribution in [2.24, 2.45) is 0 Å². The van der Waals surface area contributed by atoms with Gasteiger partial charge in [-0.1, -0.05) is 512 Å². The Morgan fingerprint density at radius 2 is 0.351 bits per heavy atom. The molecule has 0 spiro atoms. The molecule has 0 fully saturated rings. The summed E-state index contributed by atoms with van der Waals surface area (Å²) in [6.07, 6.45) is 0. The van der Waals surface area contributed by atoms with E-state index in [9.17, 15) is 5.11 Å². The van der Waals surface area contributed by atoms with Gasteiger partial charge in [0.25, 0.3) is 0 Å². The van der Waals surface area contributed by atoms with Crippen LogP contribution in [0.4, 0.5) is 0 Å². The highest BCUT2D eigenvalue weighted by Crippen LogP contribution is 2.33. The Morgan fingerprint density at radius 3 is 0.656 bits per heavy atom. The third-order valence-electron chi connectivity index (χ3n) is 19.1. The molecule has 0 saturated carbocycles. The van der Waals surface area contributed by atoms with Crippen LogP contribution in [0.25, 0.3) is 97.0 Å². The fourth-order valence-corrected chi connectivity index (χ4v) is 13.6. The van der Waals surface area contributed by atoms with Crippen LogP contribution >= 0.6 is 0 Å². The molecule has 6 heteroatoms. The van der Waals surface area contributed by atoms with Crippen molar-refractivity contribution in [3.8, 4) is 34.5 Å². The van der Waals surface area contributed by atoms with Gasteiger partial charge in [-0.15, -0.1) is 0 Å². The van der Waals surface area contributed by atoms with E-state index in [-0.39, 0.29) is 5.75 Å². The van der Waals surface area contributed by atoms with Crippen LogP contribution < -0.4 is 23.7 Å². The number of phenolic OH excluding ortho intramolecular Hbond substituents is 1. The van der Waals surface area contributed by atoms with Gasteiger partial charge in [0.05, 0.1) is 0 Å². The van der Waals surface area contributed by atoms with Crippen molar-refractivity contribution in [1.29, 1.82) is 0 Å². The topological polar surface area (TPSA) is 66.4 Å². The van der Waals surface area contributed by atoms with E-state index in [1.165, 1.54) is 103 Å². The van der Waals surface area contributed by atoms with Crippen LogP contribution in [0.3, 0.4) is 0 Å². The zero-order valence-corrected chi connectivity index (χ0v) is 83.2. The van der Waals surface area contributed by atoms with Crippen molar-refractivity contribution >= 4 is 97.0 Å². The fourth-order valence-electron chi connectivity index (χ4n) is 13.6. The summed E-state index contributed by atoms with van der Waals surface area (Å²) >= 11 is 0. The first-order valence-electron chi connectivity index (χ1n) is 48.2. The van der Waals surface area contributed by atoms with E-state index in [1.54, 1.807) is 12.1 Å². The molecule has 1 N–H and O–H groups in total. The molecular weight excluding hydrogens is 1600 g/mol. The Bertz CT molecular complexity index is 5850. The van der Waals surface area contributed by atoms with Crippen molar-refractivity contribution in [3.05, 3.63) is 434 Å². The molecule has 0 amide bonds. The van der Waals surface area contributed by atoms with E-state index >= 15 is 0 Å². The number of benzene rings is 19. The lowest BCUT2D eigenvalue weighted by Gasteiger charge is -2.11. The Morgan fingerprint density at radius 1 is 0.145 bits per heavy atom. The molecular formula is C125H150O6. The van der Waals surface area contributed by atoms with Gasteiger partial charge in [0.1, 0.15) is 67.5 Å². The zero-order valence-electron chi connectivity index (χ0n) is 83.2. The molecule has 131 heavy (non-hydrogen) atoms. The van der Waals surface area contributed by atoms with E-state index in [0.29, 0.717) is 33.0 Å². The number of ether oxygens (including phenoxy) is 5. The third kappa shape index (κ3) is 35.0. The average Bonchev–Trinajstić information content (AvgIpc) is 0.795. The molecule has 6 nitrogen and oxygen atoms in total. The Balaban J connectivity index is 0.000000399. The van der Waals surface area contributed by atoms with Gasteiger partial charge in [-0.3, -0.25) is 0 Å². The lowest BCUT2D eigenvalue weighted by atomic mass is 10.1. The minimum atomic E-state index is 0.267. The molecule has 0 bridgehead atoms. The lowest BCUT2D eigenvalue weighted by Crippen LogP contribution is -1.97. The van der Waals surface area contributed by atoms with Crippen molar-refractivity contribution in [1.82, 2.24) is 0 Å². The van der Waals surface area contributed by atoms with Gasteiger partial charge in [0.2, 0.25) is 0 Å². The first-order valence-corrected chi connectivity index (χ1v) is 48.2. The molecule has 0 saturated heterocycles. The zero-order chi connectivity index (χ0) is 96.2. The summed E-state index contributed by atoms with van der Waals surface area (Å²) in [4.78, 5) is 0. The molecule has 0 aromatic heterocycles. The molecule has 0 aliphatic heterocycles. The van der Waals surface area contributed by atoms with Gasteiger partial charge in [-0.2, -0.15) is 0 Å². The summed E-state index contributed by atoms with van der Waals surface area (Å²) < 4.78 is 30.0. The minimum absolute atomic E-state index is 0.267. The summed E-state index contributed by atoms with van der Waals surface area (Å²) in [7, 11) is 0. The van der Waals surface area contributed by atoms with Crippen molar-refractivity contribution in [2.75, 3.05) is 0 Å². The van der Waals surface area contributed by atoms with Gasteiger partial charge in [0, 0.05) is 10.8 Å². The fraction of sp³-hybridized carbons (Fsp3) is 0.232. The highest BCUT2D eigenvalue weighted by atomic mass is 16.5. The standard InChI is InChI=1S/C21H16O2.3C21H16O.C17H14O.12C2H6/c22-19-10-8-15-9-11-20(13-18(15)12-19)23-14-17-6-3-5-16-4-1-2-7-21(16)17;2*1-3-12-19-16(7-1)9-5-11-18(19)15-22-21-14-6-10-17-8-2-4-13-20(17)21;1-2-8-18-14-20(13-12-16(18)6-1)22-15-19-10-5-9-17-7-3-4-11-21(17)19;1-2-10-16(11-3-1)18-13-15-9-6-8-14-7-4-5-12-17(14)15;12*1-2/h1-13,22H,14H2;3*1-14H,15H2;1-12H,13H2;12*1-2H3. The number of aromatic hydroxyl groups is 1. The summed E-state index contributed by atoms with van der Waals surface area (Å²) in [6, 6.07) is 138. The monoisotopic (exact) mass is 1750 g/mol. The van der Waals surface area contributed by atoms with Gasteiger partial charge < -0.3 is 28.8 Å². The number of hydrogen-bond acceptors (Lipinski definition) is 6. The normalized spacial score (nSPS) is 9.40. The van der Waals surface area contributed by atoms with Crippen LogP contribution in [-0.2, 0) is 33.0 Å². The number of hydrogen-bond donors (Lipinski definition) is 1. The van der Waals surface area contributed by atoms with Crippen molar-refractivity contribution < 1.29 is 28.8 Å². The molecule has 0 radical (unpaired) electrons. The molecule has 686 valence electrons. The van der Waals surface area contributed by atoms with Crippen molar-refractivity contribution in [2.45, 2.75) is 199 Å². The van der Waals surface area contributed by atoms with Gasteiger partial charge in [-0.25, -0.2) is 0 Å². The van der Waals surface area contributed by atoms with Crippen LogP contribution in [0.2, 0.25) is 0 Å². The maximum absolute atomic E-state index is 9.61. The van der Waals surface area contributed by atoms with Crippen LogP contribution in [0.1, 0.15) is 194 Å². The SMILES string of the molecule is CC.CC.CC.CC.CC.CC.CC.CC.CC.CC.CC.CC.Oc1ccc2ccc(OCc3cccc4ccccc34)cc2c1.c1ccc(OCc2cccc3ccccc23)cc1.c1ccc2c(COc3cccc4ccccc34)cccc2c1.c1ccc2c(COc3cccc4ccccc34)cccc2c1.c1ccc2cc(OCc3cccc4ccccc34)ccc2c1. The first kappa shape index (κ1) is 111. The quantitative estimate of drug-likeness (QED) is 0.110. The predicted octanol–water partition coefficient (Wildman–Crippen LogP) is 38.7. The molecule has 0 unspecified atom stereocenters. The van der Waals surface area contributed by atoms with E-state index < -0.39 is 0 Å². The molecule has 0 aliphatic carbocycles. The van der Waals surface area contributed by atoms with E-state index in [4.69, 9.17) is 23.7 Å². The van der Waals surface area contributed by atoms with Crippen LogP contribution in [0.15, 0.2) is 406 Å². The van der Waals surface area contributed by atoms with Crippen LogP contribution in [-0.4, -0.2) is 5.11 Å². The molecule has 0 aliphatic rings. The van der Waals surface area contributed by atoms with Gasteiger partial charge in [0.15, 0.2) is 0 Å². The Labute approximate surface area is 788 Å². The molecule has 19 rings (SSSR count). The third-order valence-corrected chi connectivity index (χ3v) is 19.1. The van der Waals surface area contributed by atoms with E-state index in [1.807, 2.05) is 275 Å². The van der Waals surface area contributed by atoms with Gasteiger partial charge in [-0.05, 0) is 175 Å². The number of para-hydroxylation sites is 1. The highest BCUT2D eigenvalue weighted by molar-refractivity contribution is 5.92. The van der Waals surface area contributed by atoms with Crippen LogP contribution in [0.5, 0.6) is 34.5 Å². The summed E-state index contributed by atoms with van der Waals surface area (Å²) in [6.45, 7) is 50.9. The molecule has 0 atom stereocenters.